The maximum atomic E-state index is 12.5. The van der Waals surface area contributed by atoms with Crippen molar-refractivity contribution in [3.63, 3.8) is 0 Å². The molecule has 0 radical (unpaired) electrons. The average molecular weight is 281 g/mol. The third-order valence-electron chi connectivity index (χ3n) is 4.10. The Labute approximate surface area is 119 Å². The summed E-state index contributed by atoms with van der Waals surface area (Å²) < 4.78 is 0. The highest BCUT2D eigenvalue weighted by molar-refractivity contribution is 6.34. The van der Waals surface area contributed by atoms with Gasteiger partial charge in [0, 0.05) is 18.8 Å². The largest absolute Gasteiger partial charge is 0.399 e. The Morgan fingerprint density at radius 2 is 2.05 bits per heavy atom. The van der Waals surface area contributed by atoms with Crippen LogP contribution in [0.2, 0.25) is 5.02 Å². The molecule has 1 fully saturated rings. The third kappa shape index (κ3) is 3.03. The molecule has 1 aliphatic rings. The summed E-state index contributed by atoms with van der Waals surface area (Å²) in [6, 6.07) is 5.36. The lowest BCUT2D eigenvalue weighted by Gasteiger charge is -2.36. The van der Waals surface area contributed by atoms with Gasteiger partial charge in [0.25, 0.3) is 5.91 Å². The molecule has 104 valence electrons. The Kier molecular flexibility index (Phi) is 4.35. The first-order chi connectivity index (χ1) is 9.00. The molecule has 0 aliphatic heterocycles. The van der Waals surface area contributed by atoms with Crippen LogP contribution in [0.25, 0.3) is 0 Å². The lowest BCUT2D eigenvalue weighted by Crippen LogP contribution is -2.42. The van der Waals surface area contributed by atoms with Gasteiger partial charge in [0.05, 0.1) is 10.6 Å². The number of carbonyl (C=O) groups excluding carboxylic acids is 1. The fourth-order valence-electron chi connectivity index (χ4n) is 2.92. The van der Waals surface area contributed by atoms with Crippen molar-refractivity contribution in [3.8, 4) is 0 Å². The van der Waals surface area contributed by atoms with Crippen LogP contribution in [0.5, 0.6) is 0 Å². The molecule has 2 rings (SSSR count). The molecular weight excluding hydrogens is 260 g/mol. The molecule has 2 N–H and O–H groups in total. The maximum absolute atomic E-state index is 12.5. The van der Waals surface area contributed by atoms with Gasteiger partial charge in [0.1, 0.15) is 0 Å². The van der Waals surface area contributed by atoms with E-state index in [-0.39, 0.29) is 5.91 Å². The maximum Gasteiger partial charge on any atom is 0.255 e. The lowest BCUT2D eigenvalue weighted by molar-refractivity contribution is 0.0629. The van der Waals surface area contributed by atoms with E-state index in [1.807, 2.05) is 11.9 Å². The van der Waals surface area contributed by atoms with Crippen molar-refractivity contribution in [1.82, 2.24) is 4.90 Å². The summed E-state index contributed by atoms with van der Waals surface area (Å²) in [7, 11) is 1.87. The molecule has 2 unspecified atom stereocenters. The van der Waals surface area contributed by atoms with Crippen LogP contribution in [0.1, 0.15) is 43.0 Å². The van der Waals surface area contributed by atoms with Crippen LogP contribution in [0.3, 0.4) is 0 Å². The molecule has 0 heterocycles. The van der Waals surface area contributed by atoms with Gasteiger partial charge in [-0.3, -0.25) is 4.79 Å². The minimum absolute atomic E-state index is 0.0314. The smallest absolute Gasteiger partial charge is 0.255 e. The quantitative estimate of drug-likeness (QED) is 0.842. The number of anilines is 1. The second kappa shape index (κ2) is 5.83. The molecule has 1 aromatic carbocycles. The van der Waals surface area contributed by atoms with Crippen LogP contribution < -0.4 is 5.73 Å². The van der Waals surface area contributed by atoms with Crippen LogP contribution in [-0.4, -0.2) is 23.9 Å². The Morgan fingerprint density at radius 1 is 1.37 bits per heavy atom. The van der Waals surface area contributed by atoms with E-state index in [0.29, 0.717) is 28.2 Å². The van der Waals surface area contributed by atoms with E-state index in [9.17, 15) is 4.79 Å². The zero-order valence-corrected chi connectivity index (χ0v) is 12.3. The predicted molar refractivity (Wildman–Crippen MR) is 79.4 cm³/mol. The zero-order chi connectivity index (χ0) is 14.0. The number of halogens is 1. The van der Waals surface area contributed by atoms with Crippen molar-refractivity contribution < 1.29 is 4.79 Å². The number of hydrogen-bond donors (Lipinski definition) is 1. The molecule has 0 spiro atoms. The molecule has 0 saturated heterocycles. The van der Waals surface area contributed by atoms with E-state index < -0.39 is 0 Å². The highest BCUT2D eigenvalue weighted by Gasteiger charge is 2.29. The van der Waals surface area contributed by atoms with E-state index in [0.717, 1.165) is 6.42 Å². The van der Waals surface area contributed by atoms with Gasteiger partial charge in [-0.1, -0.05) is 31.4 Å². The SMILES string of the molecule is CC1CCCCC1N(C)C(=O)c1cc(N)ccc1Cl. The van der Waals surface area contributed by atoms with Gasteiger partial charge in [-0.25, -0.2) is 0 Å². The summed E-state index contributed by atoms with van der Waals surface area (Å²) in [6.07, 6.45) is 4.71. The first kappa shape index (κ1) is 14.2. The predicted octanol–water partition coefficient (Wildman–Crippen LogP) is 3.57. The second-order valence-electron chi connectivity index (χ2n) is 5.48. The van der Waals surface area contributed by atoms with Crippen molar-refractivity contribution in [2.24, 2.45) is 5.92 Å². The number of amides is 1. The van der Waals surface area contributed by atoms with Crippen molar-refractivity contribution in [1.29, 1.82) is 0 Å². The van der Waals surface area contributed by atoms with E-state index in [1.54, 1.807) is 18.2 Å². The number of nitrogen functional groups attached to an aromatic ring is 1. The number of nitrogens with zero attached hydrogens (tertiary/aromatic N) is 1. The highest BCUT2D eigenvalue weighted by Crippen LogP contribution is 2.29. The van der Waals surface area contributed by atoms with Gasteiger partial charge in [0.2, 0.25) is 0 Å². The summed E-state index contributed by atoms with van der Waals surface area (Å²) in [5.41, 5.74) is 6.81. The van der Waals surface area contributed by atoms with Gasteiger partial charge >= 0.3 is 0 Å². The van der Waals surface area contributed by atoms with E-state index in [1.165, 1.54) is 19.3 Å². The molecule has 3 nitrogen and oxygen atoms in total. The fraction of sp³-hybridized carbons (Fsp3) is 0.533. The Bertz CT molecular complexity index is 475. The topological polar surface area (TPSA) is 46.3 Å². The number of benzene rings is 1. The monoisotopic (exact) mass is 280 g/mol. The van der Waals surface area contributed by atoms with Crippen LogP contribution >= 0.6 is 11.6 Å². The van der Waals surface area contributed by atoms with Gasteiger partial charge in [-0.15, -0.1) is 0 Å². The lowest BCUT2D eigenvalue weighted by atomic mass is 9.85. The third-order valence-corrected chi connectivity index (χ3v) is 4.43. The Balaban J connectivity index is 2.20. The number of nitrogens with two attached hydrogens (primary N) is 1. The van der Waals surface area contributed by atoms with E-state index in [2.05, 4.69) is 6.92 Å². The molecule has 1 aromatic rings. The fourth-order valence-corrected chi connectivity index (χ4v) is 3.12. The standard InChI is InChI=1S/C15H21ClN2O/c1-10-5-3-4-6-14(10)18(2)15(19)12-9-11(17)7-8-13(12)16/h7-10,14H,3-6,17H2,1-2H3. The van der Waals surface area contributed by atoms with Crippen LogP contribution in [0, 0.1) is 5.92 Å². The molecule has 1 saturated carbocycles. The first-order valence-electron chi connectivity index (χ1n) is 6.83. The summed E-state index contributed by atoms with van der Waals surface area (Å²) in [5.74, 6) is 0.513. The number of carbonyl (C=O) groups is 1. The summed E-state index contributed by atoms with van der Waals surface area (Å²) in [6.45, 7) is 2.22. The van der Waals surface area contributed by atoms with Crippen molar-refractivity contribution in [2.45, 2.75) is 38.6 Å². The highest BCUT2D eigenvalue weighted by atomic mass is 35.5. The van der Waals surface area contributed by atoms with E-state index in [4.69, 9.17) is 17.3 Å². The van der Waals surface area contributed by atoms with Crippen LogP contribution in [0.4, 0.5) is 5.69 Å². The molecular formula is C15H21ClN2O. The van der Waals surface area contributed by atoms with Gasteiger partial charge in [-0.05, 0) is 37.0 Å². The minimum atomic E-state index is -0.0314. The van der Waals surface area contributed by atoms with Crippen molar-refractivity contribution in [3.05, 3.63) is 28.8 Å². The van der Waals surface area contributed by atoms with E-state index >= 15 is 0 Å². The normalized spacial score (nSPS) is 23.1. The zero-order valence-electron chi connectivity index (χ0n) is 11.5. The average Bonchev–Trinajstić information content (AvgIpc) is 2.40. The van der Waals surface area contributed by atoms with Gasteiger partial charge < -0.3 is 10.6 Å². The molecule has 0 aromatic heterocycles. The van der Waals surface area contributed by atoms with Gasteiger partial charge in [0.15, 0.2) is 0 Å². The second-order valence-corrected chi connectivity index (χ2v) is 5.89. The molecule has 0 bridgehead atoms. The Morgan fingerprint density at radius 3 is 2.74 bits per heavy atom. The summed E-state index contributed by atoms with van der Waals surface area (Å²) in [4.78, 5) is 14.4. The van der Waals surface area contributed by atoms with Crippen molar-refractivity contribution >= 4 is 23.2 Å². The number of hydrogen-bond acceptors (Lipinski definition) is 2. The van der Waals surface area contributed by atoms with Gasteiger partial charge in [-0.2, -0.15) is 0 Å². The molecule has 19 heavy (non-hydrogen) atoms. The van der Waals surface area contributed by atoms with Crippen molar-refractivity contribution in [2.75, 3.05) is 12.8 Å². The minimum Gasteiger partial charge on any atom is -0.399 e. The van der Waals surface area contributed by atoms with Crippen LogP contribution in [0.15, 0.2) is 18.2 Å². The number of rotatable bonds is 2. The Hall–Kier alpha value is -1.22. The molecule has 4 heteroatoms. The molecule has 1 amide bonds. The summed E-state index contributed by atoms with van der Waals surface area (Å²) >= 11 is 6.11. The summed E-state index contributed by atoms with van der Waals surface area (Å²) in [5, 5.41) is 0.467. The van der Waals surface area contributed by atoms with Crippen LogP contribution in [-0.2, 0) is 0 Å². The molecule has 1 aliphatic carbocycles. The molecule has 2 atom stereocenters. The first-order valence-corrected chi connectivity index (χ1v) is 7.20.